The predicted molar refractivity (Wildman–Crippen MR) is 64.1 cm³/mol. The van der Waals surface area contributed by atoms with Gasteiger partial charge in [0.15, 0.2) is 0 Å². The number of fused-ring (bicyclic) bond motifs is 2. The molecule has 2 rings (SSSR count). The van der Waals surface area contributed by atoms with Crippen LogP contribution in [0.4, 0.5) is 0 Å². The van der Waals surface area contributed by atoms with Crippen LogP contribution >= 0.6 is 0 Å². The number of carboxylic acid groups (broad SMARTS) is 1. The quantitative estimate of drug-likeness (QED) is 0.679. The highest BCUT2D eigenvalue weighted by Gasteiger charge is 2.50. The molecule has 0 aliphatic carbocycles. The van der Waals surface area contributed by atoms with E-state index in [0.717, 1.165) is 12.8 Å². The molecule has 2 heterocycles. The summed E-state index contributed by atoms with van der Waals surface area (Å²) >= 11 is 0. The zero-order valence-corrected chi connectivity index (χ0v) is 10.6. The van der Waals surface area contributed by atoms with Gasteiger partial charge in [0, 0.05) is 25.7 Å². The van der Waals surface area contributed by atoms with Crippen molar-refractivity contribution in [3.8, 4) is 0 Å². The van der Waals surface area contributed by atoms with Crippen molar-refractivity contribution in [2.75, 3.05) is 27.3 Å². The second kappa shape index (κ2) is 4.92. The van der Waals surface area contributed by atoms with Crippen molar-refractivity contribution in [2.24, 2.45) is 0 Å². The summed E-state index contributed by atoms with van der Waals surface area (Å²) < 4.78 is 4.98. The van der Waals surface area contributed by atoms with Crippen LogP contribution in [-0.4, -0.2) is 60.9 Å². The van der Waals surface area contributed by atoms with E-state index in [1.165, 1.54) is 0 Å². The fourth-order valence-electron chi connectivity index (χ4n) is 3.26. The summed E-state index contributed by atoms with van der Waals surface area (Å²) in [7, 11) is 3.75. The van der Waals surface area contributed by atoms with Gasteiger partial charge in [-0.3, -0.25) is 10.1 Å². The monoisotopic (exact) mass is 242 g/mol. The standard InChI is InChI=1S/C12H22N2O3/c1-14-9-3-4-10(14)8-12(7-9,11(15)16)13-5-6-17-2/h9-10,13H,3-8H2,1-2H3,(H,15,16). The number of nitrogens with one attached hydrogen (secondary N) is 1. The molecular weight excluding hydrogens is 220 g/mol. The zero-order chi connectivity index (χ0) is 12.5. The van der Waals surface area contributed by atoms with Crippen LogP contribution in [-0.2, 0) is 9.53 Å². The molecule has 2 bridgehead atoms. The van der Waals surface area contributed by atoms with Crippen LogP contribution < -0.4 is 5.32 Å². The Morgan fingerprint density at radius 2 is 2.06 bits per heavy atom. The lowest BCUT2D eigenvalue weighted by atomic mass is 9.83. The van der Waals surface area contributed by atoms with Gasteiger partial charge in [0.1, 0.15) is 5.54 Å². The maximum atomic E-state index is 11.6. The van der Waals surface area contributed by atoms with Crippen LogP contribution in [0.25, 0.3) is 0 Å². The number of hydrogen-bond acceptors (Lipinski definition) is 4. The van der Waals surface area contributed by atoms with Crippen molar-refractivity contribution in [1.82, 2.24) is 10.2 Å². The highest BCUT2D eigenvalue weighted by atomic mass is 16.5. The molecule has 2 saturated heterocycles. The average Bonchev–Trinajstić information content (AvgIpc) is 2.53. The van der Waals surface area contributed by atoms with Gasteiger partial charge < -0.3 is 14.7 Å². The number of hydrogen-bond donors (Lipinski definition) is 2. The molecule has 2 unspecified atom stereocenters. The first-order valence-electron chi connectivity index (χ1n) is 6.28. The van der Waals surface area contributed by atoms with E-state index in [-0.39, 0.29) is 0 Å². The first-order chi connectivity index (χ1) is 8.09. The van der Waals surface area contributed by atoms with E-state index < -0.39 is 11.5 Å². The number of carbonyl (C=O) groups is 1. The second-order valence-corrected chi connectivity index (χ2v) is 5.27. The molecule has 0 aromatic carbocycles. The lowest BCUT2D eigenvalue weighted by Crippen LogP contribution is -2.61. The van der Waals surface area contributed by atoms with E-state index in [0.29, 0.717) is 38.1 Å². The van der Waals surface area contributed by atoms with Crippen molar-refractivity contribution in [3.63, 3.8) is 0 Å². The molecule has 98 valence electrons. The minimum absolute atomic E-state index is 0.417. The third-order valence-corrected chi connectivity index (χ3v) is 4.33. The molecule has 2 aliphatic heterocycles. The number of aliphatic carboxylic acids is 1. The van der Waals surface area contributed by atoms with Crippen molar-refractivity contribution >= 4 is 5.97 Å². The van der Waals surface area contributed by atoms with E-state index in [2.05, 4.69) is 17.3 Å². The van der Waals surface area contributed by atoms with Gasteiger partial charge in [0.2, 0.25) is 0 Å². The van der Waals surface area contributed by atoms with E-state index >= 15 is 0 Å². The van der Waals surface area contributed by atoms with E-state index in [1.54, 1.807) is 7.11 Å². The Hall–Kier alpha value is -0.650. The molecule has 0 aromatic rings. The largest absolute Gasteiger partial charge is 0.480 e. The first kappa shape index (κ1) is 12.8. The minimum atomic E-state index is -0.739. The van der Waals surface area contributed by atoms with Gasteiger partial charge in [0.25, 0.3) is 0 Å². The normalized spacial score (nSPS) is 37.3. The molecule has 2 atom stereocenters. The summed E-state index contributed by atoms with van der Waals surface area (Å²) in [4.78, 5) is 13.9. The Kier molecular flexibility index (Phi) is 3.70. The molecule has 2 fully saturated rings. The molecule has 2 aliphatic rings. The lowest BCUT2D eigenvalue weighted by molar-refractivity contribution is -0.148. The third kappa shape index (κ3) is 2.32. The highest BCUT2D eigenvalue weighted by Crippen LogP contribution is 2.39. The molecule has 0 aromatic heterocycles. The molecule has 5 heteroatoms. The molecule has 5 nitrogen and oxygen atoms in total. The summed E-state index contributed by atoms with van der Waals surface area (Å²) in [6.07, 6.45) is 3.67. The Morgan fingerprint density at radius 1 is 1.47 bits per heavy atom. The fourth-order valence-corrected chi connectivity index (χ4v) is 3.26. The third-order valence-electron chi connectivity index (χ3n) is 4.33. The number of ether oxygens (including phenoxy) is 1. The zero-order valence-electron chi connectivity index (χ0n) is 10.6. The van der Waals surface area contributed by atoms with Crippen LogP contribution in [0.3, 0.4) is 0 Å². The predicted octanol–water partition coefficient (Wildman–Crippen LogP) is 0.302. The van der Waals surface area contributed by atoms with Gasteiger partial charge in [-0.2, -0.15) is 0 Å². The number of piperidine rings is 1. The molecule has 0 spiro atoms. The Bertz CT molecular complexity index is 281. The van der Waals surface area contributed by atoms with Crippen molar-refractivity contribution in [1.29, 1.82) is 0 Å². The number of carboxylic acids is 1. The van der Waals surface area contributed by atoms with Gasteiger partial charge in [-0.1, -0.05) is 0 Å². The van der Waals surface area contributed by atoms with E-state index in [9.17, 15) is 9.90 Å². The highest BCUT2D eigenvalue weighted by molar-refractivity contribution is 5.79. The Morgan fingerprint density at radius 3 is 2.53 bits per heavy atom. The molecular formula is C12H22N2O3. The summed E-state index contributed by atoms with van der Waals surface area (Å²) in [5, 5.41) is 12.7. The van der Waals surface area contributed by atoms with Crippen LogP contribution in [0.15, 0.2) is 0 Å². The fraction of sp³-hybridized carbons (Fsp3) is 0.917. The van der Waals surface area contributed by atoms with Gasteiger partial charge in [0.05, 0.1) is 6.61 Å². The van der Waals surface area contributed by atoms with Crippen LogP contribution in [0.5, 0.6) is 0 Å². The van der Waals surface area contributed by atoms with Crippen molar-refractivity contribution < 1.29 is 14.6 Å². The second-order valence-electron chi connectivity index (χ2n) is 5.27. The summed E-state index contributed by atoms with van der Waals surface area (Å²) in [5.41, 5.74) is -0.739. The molecule has 0 amide bonds. The number of nitrogens with zero attached hydrogens (tertiary/aromatic N) is 1. The van der Waals surface area contributed by atoms with Crippen molar-refractivity contribution in [3.05, 3.63) is 0 Å². The Labute approximate surface area is 102 Å². The maximum absolute atomic E-state index is 11.6. The SMILES string of the molecule is COCCNC1(C(=O)O)CC2CCC(C1)N2C. The average molecular weight is 242 g/mol. The Balaban J connectivity index is 2.06. The summed E-state index contributed by atoms with van der Waals surface area (Å²) in [5.74, 6) is -0.710. The molecule has 17 heavy (non-hydrogen) atoms. The topological polar surface area (TPSA) is 61.8 Å². The number of rotatable bonds is 5. The summed E-state index contributed by atoms with van der Waals surface area (Å²) in [6.45, 7) is 1.16. The van der Waals surface area contributed by atoms with Crippen molar-refractivity contribution in [2.45, 2.75) is 43.3 Å². The number of methoxy groups -OCH3 is 1. The minimum Gasteiger partial charge on any atom is -0.480 e. The van der Waals surface area contributed by atoms with E-state index in [1.807, 2.05) is 0 Å². The van der Waals surface area contributed by atoms with Crippen LogP contribution in [0, 0.1) is 0 Å². The van der Waals surface area contributed by atoms with Crippen LogP contribution in [0.1, 0.15) is 25.7 Å². The maximum Gasteiger partial charge on any atom is 0.324 e. The lowest BCUT2D eigenvalue weighted by Gasteiger charge is -2.43. The molecule has 0 saturated carbocycles. The van der Waals surface area contributed by atoms with Crippen LogP contribution in [0.2, 0.25) is 0 Å². The van der Waals surface area contributed by atoms with Gasteiger partial charge in [-0.25, -0.2) is 0 Å². The smallest absolute Gasteiger partial charge is 0.324 e. The summed E-state index contributed by atoms with van der Waals surface area (Å²) in [6, 6.07) is 0.833. The first-order valence-corrected chi connectivity index (χ1v) is 6.28. The van der Waals surface area contributed by atoms with Gasteiger partial charge in [-0.05, 0) is 32.7 Å². The van der Waals surface area contributed by atoms with E-state index in [4.69, 9.17) is 4.74 Å². The van der Waals surface area contributed by atoms with Gasteiger partial charge in [-0.15, -0.1) is 0 Å². The molecule has 2 N–H and O–H groups in total. The van der Waals surface area contributed by atoms with Gasteiger partial charge >= 0.3 is 5.97 Å². The molecule has 0 radical (unpaired) electrons.